The van der Waals surface area contributed by atoms with Crippen LogP contribution >= 0.6 is 0 Å². The van der Waals surface area contributed by atoms with E-state index in [-0.39, 0.29) is 23.8 Å². The maximum atomic E-state index is 13.1. The number of carbonyl (C=O) groups is 2. The zero-order valence-electron chi connectivity index (χ0n) is 19.6. The minimum atomic E-state index is -0.352. The SMILES string of the molecule is CCOC(=O)C1=C(NCCc2ccccc2)CCN(C(=O)c2ccc(C(C)(C)C)cc2)C1. The Hall–Kier alpha value is -3.08. The third kappa shape index (κ3) is 6.00. The van der Waals surface area contributed by atoms with Gasteiger partial charge in [-0.1, -0.05) is 63.2 Å². The molecule has 1 aliphatic heterocycles. The Labute approximate surface area is 191 Å². The highest BCUT2D eigenvalue weighted by Gasteiger charge is 2.28. The number of nitrogens with zero attached hydrogens (tertiary/aromatic N) is 1. The van der Waals surface area contributed by atoms with Crippen LogP contribution in [0.5, 0.6) is 0 Å². The lowest BCUT2D eigenvalue weighted by Crippen LogP contribution is -2.41. The first kappa shape index (κ1) is 23.6. The molecule has 0 unspecified atom stereocenters. The number of esters is 1. The van der Waals surface area contributed by atoms with Crippen LogP contribution in [0.25, 0.3) is 0 Å². The van der Waals surface area contributed by atoms with Gasteiger partial charge in [0.15, 0.2) is 0 Å². The third-order valence-electron chi connectivity index (χ3n) is 5.75. The molecule has 2 aromatic rings. The summed E-state index contributed by atoms with van der Waals surface area (Å²) in [6.07, 6.45) is 1.47. The standard InChI is InChI=1S/C27H34N2O3/c1-5-32-26(31)23-19-29(25(30)21-11-13-22(14-12-21)27(2,3)4)18-16-24(23)28-17-15-20-9-7-6-8-10-20/h6-14,28H,5,15-19H2,1-4H3. The maximum absolute atomic E-state index is 13.1. The summed E-state index contributed by atoms with van der Waals surface area (Å²) in [6, 6.07) is 18.0. The van der Waals surface area contributed by atoms with E-state index in [4.69, 9.17) is 4.74 Å². The average Bonchev–Trinajstić information content (AvgIpc) is 2.79. The molecule has 0 fully saturated rings. The zero-order chi connectivity index (χ0) is 23.1. The molecule has 1 aliphatic rings. The highest BCUT2D eigenvalue weighted by Crippen LogP contribution is 2.24. The molecule has 0 atom stereocenters. The Balaban J connectivity index is 1.71. The van der Waals surface area contributed by atoms with E-state index >= 15 is 0 Å². The highest BCUT2D eigenvalue weighted by molar-refractivity contribution is 5.96. The number of hydrogen-bond acceptors (Lipinski definition) is 4. The minimum Gasteiger partial charge on any atom is -0.463 e. The van der Waals surface area contributed by atoms with Crippen molar-refractivity contribution < 1.29 is 14.3 Å². The van der Waals surface area contributed by atoms with Crippen molar-refractivity contribution in [2.75, 3.05) is 26.2 Å². The minimum absolute atomic E-state index is 0.0346. The molecule has 5 heteroatoms. The summed E-state index contributed by atoms with van der Waals surface area (Å²) in [6.45, 7) is 10.1. The molecule has 0 saturated heterocycles. The van der Waals surface area contributed by atoms with Gasteiger partial charge in [0, 0.05) is 30.8 Å². The van der Waals surface area contributed by atoms with Crippen LogP contribution in [0.2, 0.25) is 0 Å². The fraction of sp³-hybridized carbons (Fsp3) is 0.407. The number of amides is 1. The predicted octanol–water partition coefficient (Wildman–Crippen LogP) is 4.48. The van der Waals surface area contributed by atoms with Crippen molar-refractivity contribution >= 4 is 11.9 Å². The second kappa shape index (κ2) is 10.5. The summed E-state index contributed by atoms with van der Waals surface area (Å²) in [7, 11) is 0. The van der Waals surface area contributed by atoms with Gasteiger partial charge in [0.2, 0.25) is 0 Å². The van der Waals surface area contributed by atoms with Crippen molar-refractivity contribution in [3.8, 4) is 0 Å². The van der Waals surface area contributed by atoms with E-state index in [9.17, 15) is 9.59 Å². The third-order valence-corrected chi connectivity index (χ3v) is 5.75. The van der Waals surface area contributed by atoms with E-state index < -0.39 is 0 Å². The smallest absolute Gasteiger partial charge is 0.337 e. The quantitative estimate of drug-likeness (QED) is 0.653. The van der Waals surface area contributed by atoms with Gasteiger partial charge in [-0.15, -0.1) is 0 Å². The van der Waals surface area contributed by atoms with Crippen LogP contribution in [-0.2, 0) is 21.4 Å². The normalized spacial score (nSPS) is 14.3. The zero-order valence-corrected chi connectivity index (χ0v) is 19.6. The van der Waals surface area contributed by atoms with Gasteiger partial charge in [-0.25, -0.2) is 4.79 Å². The molecule has 0 radical (unpaired) electrons. The second-order valence-corrected chi connectivity index (χ2v) is 9.14. The van der Waals surface area contributed by atoms with E-state index in [1.807, 2.05) is 42.5 Å². The number of rotatable bonds is 7. The number of ether oxygens (including phenoxy) is 1. The molecule has 0 bridgehead atoms. The molecular weight excluding hydrogens is 400 g/mol. The van der Waals surface area contributed by atoms with Crippen LogP contribution in [0.15, 0.2) is 65.9 Å². The van der Waals surface area contributed by atoms with Crippen molar-refractivity contribution in [3.63, 3.8) is 0 Å². The largest absolute Gasteiger partial charge is 0.463 e. The van der Waals surface area contributed by atoms with Gasteiger partial charge in [-0.2, -0.15) is 0 Å². The van der Waals surface area contributed by atoms with Crippen molar-refractivity contribution in [2.45, 2.75) is 46.0 Å². The van der Waals surface area contributed by atoms with E-state index in [0.29, 0.717) is 30.7 Å². The van der Waals surface area contributed by atoms with Crippen LogP contribution < -0.4 is 5.32 Å². The number of hydrogen-bond donors (Lipinski definition) is 1. The first-order valence-electron chi connectivity index (χ1n) is 11.4. The molecular formula is C27H34N2O3. The van der Waals surface area contributed by atoms with Crippen LogP contribution in [0.1, 0.15) is 55.6 Å². The fourth-order valence-corrected chi connectivity index (χ4v) is 3.84. The Bertz CT molecular complexity index is 957. The van der Waals surface area contributed by atoms with Crippen LogP contribution in [-0.4, -0.2) is 43.0 Å². The lowest BCUT2D eigenvalue weighted by Gasteiger charge is -2.31. The molecule has 2 aromatic carbocycles. The van der Waals surface area contributed by atoms with Crippen molar-refractivity contribution in [2.24, 2.45) is 0 Å². The van der Waals surface area contributed by atoms with Crippen LogP contribution in [0, 0.1) is 0 Å². The Morgan fingerprint density at radius 2 is 1.72 bits per heavy atom. The average molecular weight is 435 g/mol. The molecule has 0 saturated carbocycles. The van der Waals surface area contributed by atoms with Gasteiger partial charge in [0.1, 0.15) is 0 Å². The lowest BCUT2D eigenvalue weighted by molar-refractivity contribution is -0.138. The van der Waals surface area contributed by atoms with E-state index in [1.54, 1.807) is 11.8 Å². The predicted molar refractivity (Wildman–Crippen MR) is 127 cm³/mol. The van der Waals surface area contributed by atoms with Crippen molar-refractivity contribution in [1.82, 2.24) is 10.2 Å². The number of benzene rings is 2. The molecule has 32 heavy (non-hydrogen) atoms. The van der Waals surface area contributed by atoms with Crippen molar-refractivity contribution in [3.05, 3.63) is 82.6 Å². The first-order chi connectivity index (χ1) is 15.3. The van der Waals surface area contributed by atoms with Gasteiger partial charge in [-0.05, 0) is 42.0 Å². The molecule has 1 amide bonds. The summed E-state index contributed by atoms with van der Waals surface area (Å²) < 4.78 is 5.29. The van der Waals surface area contributed by atoms with Crippen LogP contribution in [0.4, 0.5) is 0 Å². The van der Waals surface area contributed by atoms with Gasteiger partial charge in [0.05, 0.1) is 18.7 Å². The molecule has 0 aliphatic carbocycles. The van der Waals surface area contributed by atoms with Gasteiger partial charge < -0.3 is 15.0 Å². The maximum Gasteiger partial charge on any atom is 0.337 e. The molecule has 0 spiro atoms. The summed E-state index contributed by atoms with van der Waals surface area (Å²) in [5.74, 6) is -0.411. The molecule has 3 rings (SSSR count). The highest BCUT2D eigenvalue weighted by atomic mass is 16.5. The van der Waals surface area contributed by atoms with Gasteiger partial charge in [-0.3, -0.25) is 4.79 Å². The summed E-state index contributed by atoms with van der Waals surface area (Å²) in [5.41, 5.74) is 4.53. The summed E-state index contributed by atoms with van der Waals surface area (Å²) in [4.78, 5) is 27.5. The lowest BCUT2D eigenvalue weighted by atomic mass is 9.86. The van der Waals surface area contributed by atoms with Crippen LogP contribution in [0.3, 0.4) is 0 Å². The van der Waals surface area contributed by atoms with Gasteiger partial charge >= 0.3 is 5.97 Å². The van der Waals surface area contributed by atoms with E-state index in [1.165, 1.54) is 11.1 Å². The monoisotopic (exact) mass is 434 g/mol. The number of carbonyl (C=O) groups excluding carboxylic acids is 2. The summed E-state index contributed by atoms with van der Waals surface area (Å²) in [5, 5.41) is 3.42. The molecule has 1 heterocycles. The Kier molecular flexibility index (Phi) is 7.73. The molecule has 1 N–H and O–H groups in total. The number of nitrogens with one attached hydrogen (secondary N) is 1. The van der Waals surface area contributed by atoms with Gasteiger partial charge in [0.25, 0.3) is 5.91 Å². The Morgan fingerprint density at radius 1 is 1.03 bits per heavy atom. The van der Waals surface area contributed by atoms with Crippen molar-refractivity contribution in [1.29, 1.82) is 0 Å². The summed E-state index contributed by atoms with van der Waals surface area (Å²) >= 11 is 0. The second-order valence-electron chi connectivity index (χ2n) is 9.14. The molecule has 5 nitrogen and oxygen atoms in total. The molecule has 170 valence electrons. The Morgan fingerprint density at radius 3 is 2.34 bits per heavy atom. The van der Waals surface area contributed by atoms with E-state index in [0.717, 1.165) is 18.7 Å². The molecule has 0 aromatic heterocycles. The fourth-order valence-electron chi connectivity index (χ4n) is 3.84. The van der Waals surface area contributed by atoms with E-state index in [2.05, 4.69) is 38.2 Å². The topological polar surface area (TPSA) is 58.6 Å². The first-order valence-corrected chi connectivity index (χ1v) is 11.4.